The topological polar surface area (TPSA) is 18.5 Å². The number of terminal acetylenes is 1. The molecule has 0 spiro atoms. The monoisotopic (exact) mass is 142 g/mol. The van der Waals surface area contributed by atoms with Gasteiger partial charge in [-0.3, -0.25) is 0 Å². The molecule has 0 aliphatic carbocycles. The molecule has 2 nitrogen and oxygen atoms in total. The molecule has 0 aromatic rings. The first-order valence-electron chi connectivity index (χ1n) is 3.21. The highest BCUT2D eigenvalue weighted by molar-refractivity contribution is 4.92. The van der Waals surface area contributed by atoms with Crippen LogP contribution in [0.3, 0.4) is 0 Å². The molecule has 0 radical (unpaired) electrons. The maximum absolute atomic E-state index is 5.28. The van der Waals surface area contributed by atoms with E-state index in [4.69, 9.17) is 15.9 Å². The average Bonchev–Trinajstić information content (AvgIpc) is 1.87. The highest BCUT2D eigenvalue weighted by Gasteiger charge is 2.18. The largest absolute Gasteiger partial charge is 0.354 e. The summed E-state index contributed by atoms with van der Waals surface area (Å²) in [5.41, 5.74) is 0. The van der Waals surface area contributed by atoms with Gasteiger partial charge in [0.1, 0.15) is 6.10 Å². The number of ether oxygens (including phenoxy) is 2. The van der Waals surface area contributed by atoms with E-state index in [0.29, 0.717) is 0 Å². The van der Waals surface area contributed by atoms with Crippen molar-refractivity contribution in [2.45, 2.75) is 32.7 Å². The van der Waals surface area contributed by atoms with E-state index in [-0.39, 0.29) is 6.10 Å². The molecular weight excluding hydrogens is 128 g/mol. The molecule has 0 fully saturated rings. The van der Waals surface area contributed by atoms with Crippen molar-refractivity contribution in [2.75, 3.05) is 7.11 Å². The highest BCUT2D eigenvalue weighted by atomic mass is 16.7. The Balaban J connectivity index is 3.79. The smallest absolute Gasteiger partial charge is 0.164 e. The molecule has 0 N–H and O–H groups in total. The Kier molecular flexibility index (Phi) is 3.41. The van der Waals surface area contributed by atoms with Gasteiger partial charge in [0.2, 0.25) is 0 Å². The minimum Gasteiger partial charge on any atom is -0.354 e. The van der Waals surface area contributed by atoms with Gasteiger partial charge in [-0.2, -0.15) is 0 Å². The lowest BCUT2D eigenvalue weighted by atomic mass is 10.3. The SMILES string of the molecule is C#C[C@H](C)OC(C)(C)OC. The summed E-state index contributed by atoms with van der Waals surface area (Å²) < 4.78 is 10.3. The molecule has 0 aliphatic heterocycles. The van der Waals surface area contributed by atoms with Gasteiger partial charge in [-0.15, -0.1) is 6.42 Å². The number of methoxy groups -OCH3 is 1. The van der Waals surface area contributed by atoms with E-state index in [1.54, 1.807) is 14.0 Å². The van der Waals surface area contributed by atoms with Crippen molar-refractivity contribution in [2.24, 2.45) is 0 Å². The molecule has 58 valence electrons. The predicted octanol–water partition coefficient (Wildman–Crippen LogP) is 1.41. The molecule has 0 aromatic heterocycles. The Labute approximate surface area is 62.5 Å². The molecule has 0 aliphatic rings. The molecule has 0 heterocycles. The van der Waals surface area contributed by atoms with Crippen LogP contribution in [-0.4, -0.2) is 19.0 Å². The van der Waals surface area contributed by atoms with Crippen LogP contribution in [0.2, 0.25) is 0 Å². The van der Waals surface area contributed by atoms with E-state index >= 15 is 0 Å². The van der Waals surface area contributed by atoms with Crippen LogP contribution in [0.1, 0.15) is 20.8 Å². The first-order valence-corrected chi connectivity index (χ1v) is 3.21. The van der Waals surface area contributed by atoms with Crippen LogP contribution < -0.4 is 0 Å². The van der Waals surface area contributed by atoms with Gasteiger partial charge < -0.3 is 9.47 Å². The van der Waals surface area contributed by atoms with Crippen molar-refractivity contribution in [3.05, 3.63) is 0 Å². The van der Waals surface area contributed by atoms with Crippen molar-refractivity contribution in [3.63, 3.8) is 0 Å². The fourth-order valence-corrected chi connectivity index (χ4v) is 0.508. The van der Waals surface area contributed by atoms with Gasteiger partial charge in [0.05, 0.1) is 0 Å². The van der Waals surface area contributed by atoms with E-state index < -0.39 is 5.79 Å². The van der Waals surface area contributed by atoms with E-state index in [1.807, 2.05) is 13.8 Å². The average molecular weight is 142 g/mol. The molecule has 10 heavy (non-hydrogen) atoms. The summed E-state index contributed by atoms with van der Waals surface area (Å²) in [6.45, 7) is 5.45. The molecule has 0 aromatic carbocycles. The van der Waals surface area contributed by atoms with E-state index in [1.165, 1.54) is 0 Å². The molecule has 0 unspecified atom stereocenters. The second-order valence-electron chi connectivity index (χ2n) is 2.53. The maximum Gasteiger partial charge on any atom is 0.164 e. The van der Waals surface area contributed by atoms with Crippen molar-refractivity contribution < 1.29 is 9.47 Å². The van der Waals surface area contributed by atoms with Crippen molar-refractivity contribution in [3.8, 4) is 12.3 Å². The van der Waals surface area contributed by atoms with Gasteiger partial charge in [0.15, 0.2) is 5.79 Å². The Hall–Kier alpha value is -0.520. The zero-order valence-electron chi connectivity index (χ0n) is 6.97. The molecule has 2 heteroatoms. The molecule has 1 atom stereocenters. The van der Waals surface area contributed by atoms with Gasteiger partial charge in [0, 0.05) is 7.11 Å². The van der Waals surface area contributed by atoms with Crippen molar-refractivity contribution >= 4 is 0 Å². The van der Waals surface area contributed by atoms with Crippen LogP contribution in [-0.2, 0) is 9.47 Å². The first-order chi connectivity index (χ1) is 4.52. The molecule has 0 saturated carbocycles. The third kappa shape index (κ3) is 3.49. The highest BCUT2D eigenvalue weighted by Crippen LogP contribution is 2.11. The lowest BCUT2D eigenvalue weighted by molar-refractivity contribution is -0.208. The second-order valence-corrected chi connectivity index (χ2v) is 2.53. The zero-order valence-corrected chi connectivity index (χ0v) is 6.97. The summed E-state index contributed by atoms with van der Waals surface area (Å²) >= 11 is 0. The summed E-state index contributed by atoms with van der Waals surface area (Å²) in [7, 11) is 1.59. The van der Waals surface area contributed by atoms with E-state index in [9.17, 15) is 0 Å². The number of rotatable bonds is 3. The van der Waals surface area contributed by atoms with Gasteiger partial charge in [0.25, 0.3) is 0 Å². The van der Waals surface area contributed by atoms with Gasteiger partial charge in [-0.25, -0.2) is 0 Å². The summed E-state index contributed by atoms with van der Waals surface area (Å²) in [5, 5.41) is 0. The quantitative estimate of drug-likeness (QED) is 0.438. The minimum absolute atomic E-state index is 0.199. The third-order valence-electron chi connectivity index (χ3n) is 1.19. The van der Waals surface area contributed by atoms with E-state index in [0.717, 1.165) is 0 Å². The fourth-order valence-electron chi connectivity index (χ4n) is 0.508. The molecule has 0 saturated heterocycles. The third-order valence-corrected chi connectivity index (χ3v) is 1.19. The van der Waals surface area contributed by atoms with Gasteiger partial charge >= 0.3 is 0 Å². The van der Waals surface area contributed by atoms with Crippen LogP contribution in [0, 0.1) is 12.3 Å². The molecule has 0 bridgehead atoms. The zero-order chi connectivity index (χ0) is 8.20. The summed E-state index contributed by atoms with van der Waals surface area (Å²) in [5.74, 6) is 1.88. The lowest BCUT2D eigenvalue weighted by Gasteiger charge is -2.25. The maximum atomic E-state index is 5.28. The van der Waals surface area contributed by atoms with Gasteiger partial charge in [-0.05, 0) is 20.8 Å². The predicted molar refractivity (Wildman–Crippen MR) is 40.5 cm³/mol. The number of hydrogen-bond donors (Lipinski definition) is 0. The minimum atomic E-state index is -0.578. The van der Waals surface area contributed by atoms with Crippen LogP contribution >= 0.6 is 0 Å². The molecule has 0 rings (SSSR count). The lowest BCUT2D eigenvalue weighted by Crippen LogP contribution is -2.30. The summed E-state index contributed by atoms with van der Waals surface area (Å²) in [6, 6.07) is 0. The Morgan fingerprint density at radius 1 is 1.50 bits per heavy atom. The van der Waals surface area contributed by atoms with Crippen LogP contribution in [0.25, 0.3) is 0 Å². The summed E-state index contributed by atoms with van der Waals surface area (Å²) in [4.78, 5) is 0. The van der Waals surface area contributed by atoms with Crippen LogP contribution in [0.4, 0.5) is 0 Å². The van der Waals surface area contributed by atoms with E-state index in [2.05, 4.69) is 5.92 Å². The Bertz CT molecular complexity index is 133. The summed E-state index contributed by atoms with van der Waals surface area (Å²) in [6.07, 6.45) is 4.90. The van der Waals surface area contributed by atoms with Crippen molar-refractivity contribution in [1.82, 2.24) is 0 Å². The fraction of sp³-hybridized carbons (Fsp3) is 0.750. The Morgan fingerprint density at radius 3 is 2.30 bits per heavy atom. The van der Waals surface area contributed by atoms with Crippen LogP contribution in [0.5, 0.6) is 0 Å². The molecule has 0 amide bonds. The standard InChI is InChI=1S/C8H14O2/c1-6-7(2)10-8(3,4)9-5/h1,7H,2-5H3/t7-/m0/s1. The first kappa shape index (κ1) is 9.48. The van der Waals surface area contributed by atoms with Crippen LogP contribution in [0.15, 0.2) is 0 Å². The second kappa shape index (κ2) is 3.60. The Morgan fingerprint density at radius 2 is 2.00 bits per heavy atom. The van der Waals surface area contributed by atoms with Crippen molar-refractivity contribution in [1.29, 1.82) is 0 Å². The van der Waals surface area contributed by atoms with Gasteiger partial charge in [-0.1, -0.05) is 5.92 Å². The number of hydrogen-bond acceptors (Lipinski definition) is 2. The normalized spacial score (nSPS) is 14.3. The molecular formula is C8H14O2.